The fraction of sp³-hybridized carbons (Fsp3) is 0.200. The second kappa shape index (κ2) is 5.46. The van der Waals surface area contributed by atoms with E-state index in [1.54, 1.807) is 0 Å². The standard InChI is InChI=1S/C10H9ClN4O3/c11-7-3-6(10(16)17)4-13-9(7)12-2-1-8-14-5-18-15-8/h3-5H,1-2H2,(H,12,13)(H,16,17). The van der Waals surface area contributed by atoms with E-state index in [0.717, 1.165) is 0 Å². The maximum atomic E-state index is 10.7. The minimum atomic E-state index is -1.07. The molecule has 8 heteroatoms. The lowest BCUT2D eigenvalue weighted by Gasteiger charge is -2.06. The highest BCUT2D eigenvalue weighted by Gasteiger charge is 2.08. The molecule has 2 heterocycles. The Bertz CT molecular complexity index is 544. The number of nitrogens with zero attached hydrogens (tertiary/aromatic N) is 3. The fourth-order valence-corrected chi connectivity index (χ4v) is 1.51. The van der Waals surface area contributed by atoms with Gasteiger partial charge in [0.1, 0.15) is 5.82 Å². The van der Waals surface area contributed by atoms with Gasteiger partial charge in [0, 0.05) is 19.2 Å². The molecule has 0 aliphatic heterocycles. The normalized spacial score (nSPS) is 10.3. The highest BCUT2D eigenvalue weighted by Crippen LogP contribution is 2.19. The Kier molecular flexibility index (Phi) is 3.73. The van der Waals surface area contributed by atoms with Crippen LogP contribution in [0.25, 0.3) is 0 Å². The minimum Gasteiger partial charge on any atom is -0.478 e. The van der Waals surface area contributed by atoms with Crippen molar-refractivity contribution in [1.82, 2.24) is 15.1 Å². The van der Waals surface area contributed by atoms with Gasteiger partial charge in [0.15, 0.2) is 5.82 Å². The Labute approximate surface area is 107 Å². The zero-order valence-electron chi connectivity index (χ0n) is 9.13. The Hall–Kier alpha value is -2.15. The summed E-state index contributed by atoms with van der Waals surface area (Å²) in [6, 6.07) is 1.34. The molecule has 0 fully saturated rings. The summed E-state index contributed by atoms with van der Waals surface area (Å²) in [5.41, 5.74) is 0.0451. The Morgan fingerprint density at radius 3 is 2.94 bits per heavy atom. The molecule has 2 aromatic heterocycles. The van der Waals surface area contributed by atoms with Gasteiger partial charge in [-0.25, -0.2) is 9.78 Å². The maximum Gasteiger partial charge on any atom is 0.337 e. The summed E-state index contributed by atoms with van der Waals surface area (Å²) in [6.45, 7) is 0.513. The van der Waals surface area contributed by atoms with Crippen LogP contribution < -0.4 is 5.32 Å². The van der Waals surface area contributed by atoms with Gasteiger partial charge in [0.25, 0.3) is 0 Å². The average Bonchev–Trinajstić information content (AvgIpc) is 2.84. The number of rotatable bonds is 5. The summed E-state index contributed by atoms with van der Waals surface area (Å²) in [7, 11) is 0. The molecule has 0 unspecified atom stereocenters. The van der Waals surface area contributed by atoms with Crippen LogP contribution in [-0.4, -0.2) is 32.7 Å². The number of nitrogens with one attached hydrogen (secondary N) is 1. The van der Waals surface area contributed by atoms with Crippen LogP contribution in [0.4, 0.5) is 5.82 Å². The number of carboxylic acids is 1. The smallest absolute Gasteiger partial charge is 0.337 e. The molecule has 18 heavy (non-hydrogen) atoms. The lowest BCUT2D eigenvalue weighted by molar-refractivity contribution is 0.0696. The molecule has 0 atom stereocenters. The molecule has 2 rings (SSSR count). The third kappa shape index (κ3) is 2.95. The first-order valence-corrected chi connectivity index (χ1v) is 5.42. The van der Waals surface area contributed by atoms with Crippen molar-refractivity contribution in [3.8, 4) is 0 Å². The zero-order chi connectivity index (χ0) is 13.0. The van der Waals surface area contributed by atoms with Gasteiger partial charge in [-0.1, -0.05) is 16.8 Å². The van der Waals surface area contributed by atoms with Crippen LogP contribution in [0.15, 0.2) is 23.2 Å². The van der Waals surface area contributed by atoms with Gasteiger partial charge in [-0.15, -0.1) is 0 Å². The van der Waals surface area contributed by atoms with Crippen LogP contribution in [0, 0.1) is 0 Å². The van der Waals surface area contributed by atoms with Gasteiger partial charge in [0.05, 0.1) is 10.6 Å². The maximum absolute atomic E-state index is 10.7. The van der Waals surface area contributed by atoms with Crippen molar-refractivity contribution >= 4 is 23.4 Å². The lowest BCUT2D eigenvalue weighted by atomic mass is 10.3. The van der Waals surface area contributed by atoms with Crippen molar-refractivity contribution in [1.29, 1.82) is 0 Å². The van der Waals surface area contributed by atoms with Crippen molar-refractivity contribution < 1.29 is 14.4 Å². The number of carboxylic acid groups (broad SMARTS) is 1. The zero-order valence-corrected chi connectivity index (χ0v) is 9.89. The van der Waals surface area contributed by atoms with Gasteiger partial charge < -0.3 is 14.9 Å². The summed E-state index contributed by atoms with van der Waals surface area (Å²) in [4.78, 5) is 18.5. The predicted octanol–water partition coefficient (Wildman–Crippen LogP) is 1.47. The number of pyridine rings is 1. The van der Waals surface area contributed by atoms with Crippen LogP contribution in [-0.2, 0) is 6.42 Å². The number of hydrogen-bond acceptors (Lipinski definition) is 6. The molecule has 0 saturated carbocycles. The molecular formula is C10H9ClN4O3. The van der Waals surface area contributed by atoms with Gasteiger partial charge >= 0.3 is 5.97 Å². The lowest BCUT2D eigenvalue weighted by Crippen LogP contribution is -2.08. The molecule has 0 saturated heterocycles. The average molecular weight is 269 g/mol. The van der Waals surface area contributed by atoms with E-state index in [1.165, 1.54) is 18.7 Å². The van der Waals surface area contributed by atoms with Crippen molar-refractivity contribution in [2.75, 3.05) is 11.9 Å². The minimum absolute atomic E-state index is 0.0451. The molecule has 2 N–H and O–H groups in total. The number of aromatic carboxylic acids is 1. The molecule has 0 spiro atoms. The number of halogens is 1. The van der Waals surface area contributed by atoms with Crippen LogP contribution >= 0.6 is 11.6 Å². The number of carbonyl (C=O) groups is 1. The van der Waals surface area contributed by atoms with E-state index >= 15 is 0 Å². The van der Waals surface area contributed by atoms with Crippen LogP contribution in [0.3, 0.4) is 0 Å². The van der Waals surface area contributed by atoms with E-state index in [9.17, 15) is 4.79 Å². The monoisotopic (exact) mass is 268 g/mol. The van der Waals surface area contributed by atoms with E-state index in [1.807, 2.05) is 0 Å². The van der Waals surface area contributed by atoms with Gasteiger partial charge in [0.2, 0.25) is 6.39 Å². The fourth-order valence-electron chi connectivity index (χ4n) is 1.28. The molecule has 2 aromatic rings. The Morgan fingerprint density at radius 1 is 1.50 bits per heavy atom. The summed E-state index contributed by atoms with van der Waals surface area (Å²) < 4.78 is 4.59. The molecule has 7 nitrogen and oxygen atoms in total. The molecule has 0 bridgehead atoms. The quantitative estimate of drug-likeness (QED) is 0.846. The molecule has 0 aliphatic rings. The number of anilines is 1. The predicted molar refractivity (Wildman–Crippen MR) is 62.7 cm³/mol. The SMILES string of the molecule is O=C(O)c1cnc(NCCc2ncon2)c(Cl)c1. The van der Waals surface area contributed by atoms with E-state index in [0.29, 0.717) is 24.6 Å². The Balaban J connectivity index is 1.95. The van der Waals surface area contributed by atoms with E-state index in [2.05, 4.69) is 25.0 Å². The van der Waals surface area contributed by atoms with Crippen molar-refractivity contribution in [2.45, 2.75) is 6.42 Å². The third-order valence-corrected chi connectivity index (χ3v) is 2.42. The van der Waals surface area contributed by atoms with Crippen LogP contribution in [0.2, 0.25) is 5.02 Å². The first-order chi connectivity index (χ1) is 8.66. The highest BCUT2D eigenvalue weighted by molar-refractivity contribution is 6.33. The van der Waals surface area contributed by atoms with E-state index in [-0.39, 0.29) is 10.6 Å². The summed E-state index contributed by atoms with van der Waals surface area (Å²) in [6.07, 6.45) is 3.04. The molecule has 0 amide bonds. The van der Waals surface area contributed by atoms with Gasteiger partial charge in [-0.05, 0) is 6.07 Å². The largest absolute Gasteiger partial charge is 0.478 e. The molecular weight excluding hydrogens is 260 g/mol. The number of aromatic nitrogens is 3. The molecule has 0 aliphatic carbocycles. The van der Waals surface area contributed by atoms with Crippen LogP contribution in [0.5, 0.6) is 0 Å². The summed E-state index contributed by atoms with van der Waals surface area (Å²) in [5.74, 6) is -0.0753. The first-order valence-electron chi connectivity index (χ1n) is 5.05. The van der Waals surface area contributed by atoms with E-state index in [4.69, 9.17) is 16.7 Å². The summed E-state index contributed by atoms with van der Waals surface area (Å²) in [5, 5.41) is 15.6. The topological polar surface area (TPSA) is 101 Å². The second-order valence-corrected chi connectivity index (χ2v) is 3.79. The van der Waals surface area contributed by atoms with Gasteiger partial charge in [-0.2, -0.15) is 4.98 Å². The Morgan fingerprint density at radius 2 is 2.33 bits per heavy atom. The number of hydrogen-bond donors (Lipinski definition) is 2. The first kappa shape index (κ1) is 12.3. The molecule has 94 valence electrons. The van der Waals surface area contributed by atoms with Crippen LogP contribution in [0.1, 0.15) is 16.2 Å². The van der Waals surface area contributed by atoms with Gasteiger partial charge in [-0.3, -0.25) is 0 Å². The highest BCUT2D eigenvalue weighted by atomic mass is 35.5. The van der Waals surface area contributed by atoms with Crippen molar-refractivity contribution in [3.63, 3.8) is 0 Å². The third-order valence-electron chi connectivity index (χ3n) is 2.14. The van der Waals surface area contributed by atoms with Crippen molar-refractivity contribution in [3.05, 3.63) is 35.1 Å². The molecule has 0 aromatic carbocycles. The van der Waals surface area contributed by atoms with E-state index < -0.39 is 5.97 Å². The summed E-state index contributed by atoms with van der Waals surface area (Å²) >= 11 is 5.90. The second-order valence-electron chi connectivity index (χ2n) is 3.38. The van der Waals surface area contributed by atoms with Crippen molar-refractivity contribution in [2.24, 2.45) is 0 Å². The molecule has 0 radical (unpaired) electrons.